The number of nitrogens with zero attached hydrogens (tertiary/aromatic N) is 2. The zero-order chi connectivity index (χ0) is 16.2. The molecule has 0 bridgehead atoms. The topological polar surface area (TPSA) is 106 Å². The maximum atomic E-state index is 12.3. The van der Waals surface area contributed by atoms with Gasteiger partial charge < -0.3 is 15.4 Å². The zero-order valence-corrected chi connectivity index (χ0v) is 12.5. The summed E-state index contributed by atoms with van der Waals surface area (Å²) in [5.41, 5.74) is 2.06. The quantitative estimate of drug-likeness (QED) is 0.797. The zero-order valence-electron chi connectivity index (χ0n) is 12.5. The van der Waals surface area contributed by atoms with Crippen molar-refractivity contribution in [3.8, 4) is 5.88 Å². The minimum atomic E-state index is -0.490. The molecule has 0 saturated carbocycles. The van der Waals surface area contributed by atoms with Crippen LogP contribution in [0, 0.1) is 6.92 Å². The second kappa shape index (κ2) is 6.47. The Morgan fingerprint density at radius 1 is 1.43 bits per heavy atom. The molecule has 0 fully saturated rings. The summed E-state index contributed by atoms with van der Waals surface area (Å²) in [4.78, 5) is 24.1. The molecule has 1 aromatic heterocycles. The first-order chi connectivity index (χ1) is 11.1. The standard InChI is InChI=1S/C15H16N4O4/c1-9-15(19-23-18-9)22-7-6-16-14(21)11-8-13(20)17-12-5-3-2-4-10(11)12/h2-5,11H,6-8H2,1H3,(H,16,21)(H,17,20). The van der Waals surface area contributed by atoms with Crippen molar-refractivity contribution >= 4 is 17.5 Å². The minimum Gasteiger partial charge on any atom is -0.472 e. The third-order valence-electron chi connectivity index (χ3n) is 3.57. The number of ether oxygens (including phenoxy) is 1. The van der Waals surface area contributed by atoms with Gasteiger partial charge in [0.1, 0.15) is 12.3 Å². The number of rotatable bonds is 5. The molecule has 0 aliphatic carbocycles. The van der Waals surface area contributed by atoms with Crippen molar-refractivity contribution < 1.29 is 19.0 Å². The van der Waals surface area contributed by atoms with Crippen LogP contribution in [-0.2, 0) is 9.59 Å². The first kappa shape index (κ1) is 15.0. The number of carbonyl (C=O) groups is 2. The highest BCUT2D eigenvalue weighted by molar-refractivity contribution is 6.01. The number of hydrogen-bond acceptors (Lipinski definition) is 6. The summed E-state index contributed by atoms with van der Waals surface area (Å²) in [7, 11) is 0. The van der Waals surface area contributed by atoms with Gasteiger partial charge in [-0.1, -0.05) is 23.4 Å². The van der Waals surface area contributed by atoms with Gasteiger partial charge in [-0.25, -0.2) is 4.63 Å². The molecule has 0 spiro atoms. The number of anilines is 1. The molecule has 1 aromatic carbocycles. The Morgan fingerprint density at radius 2 is 2.26 bits per heavy atom. The first-order valence-corrected chi connectivity index (χ1v) is 7.23. The van der Waals surface area contributed by atoms with Crippen molar-refractivity contribution in [3.05, 3.63) is 35.5 Å². The van der Waals surface area contributed by atoms with Crippen LogP contribution in [0.5, 0.6) is 5.88 Å². The molecule has 2 amide bonds. The van der Waals surface area contributed by atoms with Crippen LogP contribution in [0.15, 0.2) is 28.9 Å². The normalized spacial score (nSPS) is 16.4. The monoisotopic (exact) mass is 316 g/mol. The molecule has 8 nitrogen and oxygen atoms in total. The number of para-hydroxylation sites is 1. The number of aryl methyl sites for hydroxylation is 1. The van der Waals surface area contributed by atoms with Gasteiger partial charge in [-0.2, -0.15) is 0 Å². The van der Waals surface area contributed by atoms with Crippen LogP contribution in [0.4, 0.5) is 5.69 Å². The van der Waals surface area contributed by atoms with Crippen LogP contribution in [-0.4, -0.2) is 35.3 Å². The summed E-state index contributed by atoms with van der Waals surface area (Å²) in [5.74, 6) is -0.549. The predicted molar refractivity (Wildman–Crippen MR) is 80.0 cm³/mol. The Bertz CT molecular complexity index is 728. The lowest BCUT2D eigenvalue weighted by atomic mass is 9.90. The fourth-order valence-electron chi connectivity index (χ4n) is 2.44. The van der Waals surface area contributed by atoms with E-state index in [0.717, 1.165) is 5.56 Å². The largest absolute Gasteiger partial charge is 0.472 e. The smallest absolute Gasteiger partial charge is 0.278 e. The number of nitrogens with one attached hydrogen (secondary N) is 2. The predicted octanol–water partition coefficient (Wildman–Crippen LogP) is 0.999. The fourth-order valence-corrected chi connectivity index (χ4v) is 2.44. The number of benzene rings is 1. The van der Waals surface area contributed by atoms with Crippen LogP contribution in [0.3, 0.4) is 0 Å². The van der Waals surface area contributed by atoms with E-state index in [1.165, 1.54) is 0 Å². The molecular formula is C15H16N4O4. The van der Waals surface area contributed by atoms with Crippen molar-refractivity contribution in [1.29, 1.82) is 0 Å². The van der Waals surface area contributed by atoms with Gasteiger partial charge in [0, 0.05) is 12.1 Å². The van der Waals surface area contributed by atoms with Crippen molar-refractivity contribution in [1.82, 2.24) is 15.6 Å². The minimum absolute atomic E-state index is 0.135. The Labute approximate surface area is 132 Å². The molecule has 2 N–H and O–H groups in total. The maximum Gasteiger partial charge on any atom is 0.278 e. The van der Waals surface area contributed by atoms with E-state index in [0.29, 0.717) is 23.8 Å². The van der Waals surface area contributed by atoms with Crippen LogP contribution < -0.4 is 15.4 Å². The second-order valence-corrected chi connectivity index (χ2v) is 5.19. The van der Waals surface area contributed by atoms with Crippen molar-refractivity contribution in [3.63, 3.8) is 0 Å². The molecule has 1 aliphatic rings. The lowest BCUT2D eigenvalue weighted by molar-refractivity contribution is -0.126. The van der Waals surface area contributed by atoms with Gasteiger partial charge in [-0.3, -0.25) is 9.59 Å². The van der Waals surface area contributed by atoms with Crippen LogP contribution >= 0.6 is 0 Å². The number of fused-ring (bicyclic) bond motifs is 1. The molecule has 23 heavy (non-hydrogen) atoms. The van der Waals surface area contributed by atoms with Gasteiger partial charge >= 0.3 is 0 Å². The molecule has 3 rings (SSSR count). The molecule has 2 aromatic rings. The van der Waals surface area contributed by atoms with E-state index in [9.17, 15) is 9.59 Å². The van der Waals surface area contributed by atoms with Crippen molar-refractivity contribution in [2.45, 2.75) is 19.3 Å². The highest BCUT2D eigenvalue weighted by Crippen LogP contribution is 2.31. The van der Waals surface area contributed by atoms with E-state index >= 15 is 0 Å². The van der Waals surface area contributed by atoms with Gasteiger partial charge in [0.25, 0.3) is 5.88 Å². The Hall–Kier alpha value is -2.90. The molecular weight excluding hydrogens is 300 g/mol. The van der Waals surface area contributed by atoms with Gasteiger partial charge in [0.15, 0.2) is 0 Å². The molecule has 1 aliphatic heterocycles. The summed E-state index contributed by atoms with van der Waals surface area (Å²) in [6.07, 6.45) is 0.135. The van der Waals surface area contributed by atoms with Gasteiger partial charge in [-0.05, 0) is 23.7 Å². The van der Waals surface area contributed by atoms with Crippen molar-refractivity contribution in [2.75, 3.05) is 18.5 Å². The Kier molecular flexibility index (Phi) is 4.22. The Morgan fingerprint density at radius 3 is 3.04 bits per heavy atom. The average molecular weight is 316 g/mol. The molecule has 1 atom stereocenters. The van der Waals surface area contributed by atoms with Crippen LogP contribution in [0.2, 0.25) is 0 Å². The number of carbonyl (C=O) groups excluding carboxylic acids is 2. The maximum absolute atomic E-state index is 12.3. The summed E-state index contributed by atoms with van der Waals surface area (Å²) >= 11 is 0. The molecule has 1 unspecified atom stereocenters. The molecule has 8 heteroatoms. The van der Waals surface area contributed by atoms with Crippen molar-refractivity contribution in [2.24, 2.45) is 0 Å². The lowest BCUT2D eigenvalue weighted by Gasteiger charge is -2.24. The van der Waals surface area contributed by atoms with E-state index in [-0.39, 0.29) is 24.8 Å². The first-order valence-electron chi connectivity index (χ1n) is 7.23. The summed E-state index contributed by atoms with van der Waals surface area (Å²) in [6.45, 7) is 2.24. The highest BCUT2D eigenvalue weighted by Gasteiger charge is 2.30. The highest BCUT2D eigenvalue weighted by atomic mass is 16.6. The SMILES string of the molecule is Cc1nonc1OCCNC(=O)C1CC(=O)Nc2ccccc21. The lowest BCUT2D eigenvalue weighted by Crippen LogP contribution is -2.36. The summed E-state index contributed by atoms with van der Waals surface area (Å²) < 4.78 is 9.86. The third kappa shape index (κ3) is 3.31. The molecule has 120 valence electrons. The number of aromatic nitrogens is 2. The second-order valence-electron chi connectivity index (χ2n) is 5.19. The van der Waals surface area contributed by atoms with E-state index < -0.39 is 5.92 Å². The Balaban J connectivity index is 1.56. The van der Waals surface area contributed by atoms with Crippen LogP contribution in [0.1, 0.15) is 23.6 Å². The van der Waals surface area contributed by atoms with E-state index in [1.54, 1.807) is 13.0 Å². The third-order valence-corrected chi connectivity index (χ3v) is 3.57. The molecule has 0 saturated heterocycles. The number of hydrogen-bond donors (Lipinski definition) is 2. The van der Waals surface area contributed by atoms with E-state index in [2.05, 4.69) is 25.6 Å². The van der Waals surface area contributed by atoms with E-state index in [4.69, 9.17) is 4.74 Å². The van der Waals surface area contributed by atoms with Crippen LogP contribution in [0.25, 0.3) is 0 Å². The fraction of sp³-hybridized carbons (Fsp3) is 0.333. The van der Waals surface area contributed by atoms with Gasteiger partial charge in [0.2, 0.25) is 11.8 Å². The average Bonchev–Trinajstić information content (AvgIpc) is 2.95. The molecule has 2 heterocycles. The van der Waals surface area contributed by atoms with E-state index in [1.807, 2.05) is 18.2 Å². The van der Waals surface area contributed by atoms with Gasteiger partial charge in [-0.15, -0.1) is 0 Å². The molecule has 0 radical (unpaired) electrons. The number of amides is 2. The summed E-state index contributed by atoms with van der Waals surface area (Å²) in [5, 5.41) is 12.7. The summed E-state index contributed by atoms with van der Waals surface area (Å²) in [6, 6.07) is 7.30. The van der Waals surface area contributed by atoms with Gasteiger partial charge in [0.05, 0.1) is 12.5 Å².